The molecule has 1 amide bonds. The fourth-order valence-electron chi connectivity index (χ4n) is 2.69. The molecular weight excluding hydrogens is 438 g/mol. The number of nitrogens with one attached hydrogen (secondary N) is 3. The molecule has 2 aromatic rings. The molecule has 0 saturated heterocycles. The maximum absolute atomic E-state index is 12.4. The summed E-state index contributed by atoms with van der Waals surface area (Å²) >= 11 is 0. The molecule has 0 saturated carbocycles. The Bertz CT molecular complexity index is 1110. The predicted octanol–water partition coefficient (Wildman–Crippen LogP) is 2.38. The Labute approximate surface area is 184 Å². The average Bonchev–Trinajstić information content (AvgIpc) is 2.71. The molecule has 2 aromatic carbocycles. The number of amides is 1. The van der Waals surface area contributed by atoms with Gasteiger partial charge in [0.15, 0.2) is 0 Å². The van der Waals surface area contributed by atoms with Crippen molar-refractivity contribution < 1.29 is 21.6 Å². The van der Waals surface area contributed by atoms with Crippen molar-refractivity contribution in [1.29, 1.82) is 0 Å². The smallest absolute Gasteiger partial charge is 0.251 e. The van der Waals surface area contributed by atoms with Gasteiger partial charge in [-0.15, -0.1) is 0 Å². The van der Waals surface area contributed by atoms with E-state index in [-0.39, 0.29) is 28.4 Å². The molecule has 8 nitrogen and oxygen atoms in total. The highest BCUT2D eigenvalue weighted by Crippen LogP contribution is 2.14. The van der Waals surface area contributed by atoms with Crippen molar-refractivity contribution in [2.75, 3.05) is 0 Å². The summed E-state index contributed by atoms with van der Waals surface area (Å²) in [5, 5.41) is 2.71. The third-order valence-corrected chi connectivity index (χ3v) is 7.71. The molecule has 0 radical (unpaired) electrons. The topological polar surface area (TPSA) is 121 Å². The Balaban J connectivity index is 2.06. The van der Waals surface area contributed by atoms with E-state index in [4.69, 9.17) is 0 Å². The first kappa shape index (κ1) is 25.0. The van der Waals surface area contributed by atoms with Crippen LogP contribution in [-0.2, 0) is 26.6 Å². The molecular formula is C21H29N3O5S2. The largest absolute Gasteiger partial charge is 0.348 e. The Morgan fingerprint density at radius 3 is 2.06 bits per heavy atom. The molecule has 0 aliphatic heterocycles. The van der Waals surface area contributed by atoms with E-state index in [0.717, 1.165) is 0 Å². The molecule has 0 bridgehead atoms. The molecule has 0 aliphatic rings. The van der Waals surface area contributed by atoms with Gasteiger partial charge >= 0.3 is 0 Å². The summed E-state index contributed by atoms with van der Waals surface area (Å²) in [4.78, 5) is 12.6. The standard InChI is InChI=1S/C21H29N3O5S2/c1-5-16(4)24-30(26,27)19-11-9-18(10-12-19)21(25)22-14-17-7-6-8-20(13-17)31(28,29)23-15(2)3/h6-13,15-16,23-24H,5,14H2,1-4H3,(H,22,25). The van der Waals surface area contributed by atoms with E-state index in [1.807, 2.05) is 6.92 Å². The lowest BCUT2D eigenvalue weighted by Gasteiger charge is -2.13. The molecule has 170 valence electrons. The van der Waals surface area contributed by atoms with Crippen molar-refractivity contribution >= 4 is 26.0 Å². The van der Waals surface area contributed by atoms with Gasteiger partial charge in [-0.25, -0.2) is 26.3 Å². The first-order valence-corrected chi connectivity index (χ1v) is 12.9. The Morgan fingerprint density at radius 2 is 1.48 bits per heavy atom. The normalized spacial score (nSPS) is 13.2. The van der Waals surface area contributed by atoms with Crippen molar-refractivity contribution in [2.24, 2.45) is 0 Å². The van der Waals surface area contributed by atoms with Crippen LogP contribution in [0.2, 0.25) is 0 Å². The first-order chi connectivity index (χ1) is 14.4. The lowest BCUT2D eigenvalue weighted by Crippen LogP contribution is -2.32. The molecule has 0 fully saturated rings. The van der Waals surface area contributed by atoms with Crippen molar-refractivity contribution in [3.8, 4) is 0 Å². The minimum absolute atomic E-state index is 0.0833. The van der Waals surface area contributed by atoms with Crippen molar-refractivity contribution in [1.82, 2.24) is 14.8 Å². The van der Waals surface area contributed by atoms with Crippen molar-refractivity contribution in [3.05, 3.63) is 59.7 Å². The van der Waals surface area contributed by atoms with Crippen molar-refractivity contribution in [2.45, 2.75) is 62.5 Å². The highest BCUT2D eigenvalue weighted by atomic mass is 32.2. The molecule has 3 N–H and O–H groups in total. The van der Waals surface area contributed by atoms with E-state index in [2.05, 4.69) is 14.8 Å². The summed E-state index contributed by atoms with van der Waals surface area (Å²) in [6.07, 6.45) is 0.662. The molecule has 0 aromatic heterocycles. The van der Waals surface area contributed by atoms with Gasteiger partial charge in [0, 0.05) is 24.2 Å². The summed E-state index contributed by atoms with van der Waals surface area (Å²) in [5.74, 6) is -0.396. The van der Waals surface area contributed by atoms with Crippen LogP contribution in [0.4, 0.5) is 0 Å². The number of hydrogen-bond donors (Lipinski definition) is 3. The van der Waals surface area contributed by atoms with Crippen LogP contribution in [-0.4, -0.2) is 34.8 Å². The zero-order valence-corrected chi connectivity index (χ0v) is 19.7. The minimum atomic E-state index is -3.64. The van der Waals surface area contributed by atoms with Crippen LogP contribution in [0.15, 0.2) is 58.3 Å². The molecule has 1 atom stereocenters. The molecule has 1 unspecified atom stereocenters. The Hall–Kier alpha value is -2.27. The molecule has 0 spiro atoms. The van der Waals surface area contributed by atoms with Crippen molar-refractivity contribution in [3.63, 3.8) is 0 Å². The zero-order chi connectivity index (χ0) is 23.2. The molecule has 10 heteroatoms. The highest BCUT2D eigenvalue weighted by Gasteiger charge is 2.18. The second kappa shape index (κ2) is 10.4. The van der Waals surface area contributed by atoms with Gasteiger partial charge in [0.2, 0.25) is 20.0 Å². The van der Waals surface area contributed by atoms with Gasteiger partial charge in [-0.05, 0) is 69.2 Å². The van der Waals surface area contributed by atoms with Gasteiger partial charge in [-0.2, -0.15) is 0 Å². The monoisotopic (exact) mass is 467 g/mol. The number of carbonyl (C=O) groups excluding carboxylic acids is 1. The second-order valence-corrected chi connectivity index (χ2v) is 11.0. The fraction of sp³-hybridized carbons (Fsp3) is 0.381. The van der Waals surface area contributed by atoms with E-state index in [9.17, 15) is 21.6 Å². The van der Waals surface area contributed by atoms with Crippen LogP contribution >= 0.6 is 0 Å². The van der Waals surface area contributed by atoms with E-state index in [0.29, 0.717) is 17.5 Å². The minimum Gasteiger partial charge on any atom is -0.348 e. The maximum atomic E-state index is 12.4. The van der Waals surface area contributed by atoms with Gasteiger partial charge in [0.1, 0.15) is 0 Å². The predicted molar refractivity (Wildman–Crippen MR) is 120 cm³/mol. The van der Waals surface area contributed by atoms with Crippen LogP contribution in [0.1, 0.15) is 50.0 Å². The van der Waals surface area contributed by atoms with Gasteiger partial charge in [-0.1, -0.05) is 19.1 Å². The van der Waals surface area contributed by atoms with Gasteiger partial charge in [0.05, 0.1) is 9.79 Å². The van der Waals surface area contributed by atoms with Crippen LogP contribution in [0, 0.1) is 0 Å². The Kier molecular flexibility index (Phi) is 8.35. The zero-order valence-electron chi connectivity index (χ0n) is 18.0. The number of benzene rings is 2. The van der Waals surface area contributed by atoms with Gasteiger partial charge in [0.25, 0.3) is 5.91 Å². The number of rotatable bonds is 10. The average molecular weight is 468 g/mol. The second-order valence-electron chi connectivity index (χ2n) is 7.56. The molecule has 0 aliphatic carbocycles. The van der Waals surface area contributed by atoms with E-state index < -0.39 is 26.0 Å². The summed E-state index contributed by atoms with van der Waals surface area (Å²) in [5.41, 5.74) is 0.921. The van der Waals surface area contributed by atoms with E-state index >= 15 is 0 Å². The number of sulfonamides is 2. The molecule has 0 heterocycles. The van der Waals surface area contributed by atoms with Crippen LogP contribution in [0.25, 0.3) is 0 Å². The third-order valence-electron chi connectivity index (χ3n) is 4.45. The number of hydrogen-bond acceptors (Lipinski definition) is 5. The highest BCUT2D eigenvalue weighted by molar-refractivity contribution is 7.89. The maximum Gasteiger partial charge on any atom is 0.251 e. The van der Waals surface area contributed by atoms with Crippen LogP contribution in [0.3, 0.4) is 0 Å². The SMILES string of the molecule is CCC(C)NS(=O)(=O)c1ccc(C(=O)NCc2cccc(S(=O)(=O)NC(C)C)c2)cc1. The third kappa shape index (κ3) is 7.13. The van der Waals surface area contributed by atoms with Gasteiger partial charge in [-0.3, -0.25) is 4.79 Å². The fourth-order valence-corrected chi connectivity index (χ4v) is 5.33. The summed E-state index contributed by atoms with van der Waals surface area (Å²) in [6.45, 7) is 7.25. The lowest BCUT2D eigenvalue weighted by molar-refractivity contribution is 0.0950. The quantitative estimate of drug-likeness (QED) is 0.495. The van der Waals surface area contributed by atoms with E-state index in [1.54, 1.807) is 32.9 Å². The van der Waals surface area contributed by atoms with Gasteiger partial charge < -0.3 is 5.32 Å². The lowest BCUT2D eigenvalue weighted by atomic mass is 10.2. The first-order valence-electron chi connectivity index (χ1n) is 9.96. The summed E-state index contributed by atoms with van der Waals surface area (Å²) < 4.78 is 54.3. The van der Waals surface area contributed by atoms with E-state index in [1.165, 1.54) is 36.4 Å². The Morgan fingerprint density at radius 1 is 0.871 bits per heavy atom. The van der Waals surface area contributed by atoms with Crippen LogP contribution in [0.5, 0.6) is 0 Å². The molecule has 2 rings (SSSR count). The van der Waals surface area contributed by atoms with Crippen LogP contribution < -0.4 is 14.8 Å². The summed E-state index contributed by atoms with van der Waals surface area (Å²) in [7, 11) is -7.27. The summed E-state index contributed by atoms with van der Waals surface area (Å²) in [6, 6.07) is 11.5. The molecule has 31 heavy (non-hydrogen) atoms. The number of carbonyl (C=O) groups is 1.